The molecule has 1 N–H and O–H groups in total. The summed E-state index contributed by atoms with van der Waals surface area (Å²) in [5.74, 6) is -0.927. The number of rotatable bonds is 4. The van der Waals surface area contributed by atoms with Gasteiger partial charge >= 0.3 is 5.97 Å². The van der Waals surface area contributed by atoms with Gasteiger partial charge in [-0.3, -0.25) is 4.79 Å². The summed E-state index contributed by atoms with van der Waals surface area (Å²) in [6.45, 7) is 2.48. The minimum atomic E-state index is -3.32. The molecule has 1 fully saturated rings. The molecule has 0 unspecified atom stereocenters. The first-order valence-corrected chi connectivity index (χ1v) is 8.64. The first-order chi connectivity index (χ1) is 9.79. The second kappa shape index (κ2) is 6.03. The van der Waals surface area contributed by atoms with Crippen molar-refractivity contribution in [3.05, 3.63) is 30.3 Å². The highest BCUT2D eigenvalue weighted by molar-refractivity contribution is 7.88. The van der Waals surface area contributed by atoms with E-state index in [0.717, 1.165) is 11.9 Å². The van der Waals surface area contributed by atoms with E-state index in [1.54, 1.807) is 0 Å². The molecule has 0 amide bonds. The van der Waals surface area contributed by atoms with Crippen LogP contribution in [0.15, 0.2) is 30.3 Å². The van der Waals surface area contributed by atoms with Crippen molar-refractivity contribution in [3.8, 4) is 0 Å². The largest absolute Gasteiger partial charge is 0.481 e. The van der Waals surface area contributed by atoms with Crippen molar-refractivity contribution in [2.75, 3.05) is 24.2 Å². The molecule has 1 aliphatic rings. The zero-order valence-corrected chi connectivity index (χ0v) is 13.0. The van der Waals surface area contributed by atoms with Gasteiger partial charge < -0.3 is 10.0 Å². The van der Waals surface area contributed by atoms with Gasteiger partial charge in [0.25, 0.3) is 0 Å². The summed E-state index contributed by atoms with van der Waals surface area (Å²) in [5, 5.41) is 9.11. The lowest BCUT2D eigenvalue weighted by Gasteiger charge is -2.45. The third-order valence-corrected chi connectivity index (χ3v) is 4.92. The van der Waals surface area contributed by atoms with Crippen molar-refractivity contribution >= 4 is 21.7 Å². The Kier molecular flexibility index (Phi) is 4.53. The second-order valence-corrected chi connectivity index (χ2v) is 7.41. The van der Waals surface area contributed by atoms with Crippen LogP contribution in [0.1, 0.15) is 13.3 Å². The number of aliphatic carboxylic acids is 1. The summed E-state index contributed by atoms with van der Waals surface area (Å²) < 4.78 is 24.9. The van der Waals surface area contributed by atoms with Crippen LogP contribution in [0.3, 0.4) is 0 Å². The normalized spacial score (nSPS) is 24.0. The summed E-state index contributed by atoms with van der Waals surface area (Å²) in [6, 6.07) is 9.06. The molecule has 1 aromatic rings. The van der Waals surface area contributed by atoms with Crippen LogP contribution in [0, 0.1) is 0 Å². The number of sulfonamides is 1. The van der Waals surface area contributed by atoms with Crippen molar-refractivity contribution in [2.24, 2.45) is 0 Å². The zero-order chi connectivity index (χ0) is 15.6. The highest BCUT2D eigenvalue weighted by Gasteiger charge is 2.36. The lowest BCUT2D eigenvalue weighted by Crippen LogP contribution is -2.59. The maximum atomic E-state index is 11.8. The van der Waals surface area contributed by atoms with Gasteiger partial charge in [-0.25, -0.2) is 8.42 Å². The molecular weight excluding hydrogens is 292 g/mol. The van der Waals surface area contributed by atoms with Gasteiger partial charge in [-0.2, -0.15) is 4.31 Å². The lowest BCUT2D eigenvalue weighted by atomic mass is 10.0. The maximum absolute atomic E-state index is 11.8. The zero-order valence-electron chi connectivity index (χ0n) is 12.1. The molecule has 0 spiro atoms. The molecule has 6 nitrogen and oxygen atoms in total. The topological polar surface area (TPSA) is 77.9 Å². The SMILES string of the molecule is C[C@@H]1CN(S(C)(=O)=O)C[C@@H](CC(=O)O)N1c1ccccc1. The first-order valence-electron chi connectivity index (χ1n) is 6.79. The molecule has 1 aliphatic heterocycles. The monoisotopic (exact) mass is 312 g/mol. The van der Waals surface area contributed by atoms with Crippen LogP contribution in [0.5, 0.6) is 0 Å². The highest BCUT2D eigenvalue weighted by Crippen LogP contribution is 2.27. The Morgan fingerprint density at radius 1 is 1.29 bits per heavy atom. The van der Waals surface area contributed by atoms with Crippen molar-refractivity contribution in [3.63, 3.8) is 0 Å². The van der Waals surface area contributed by atoms with Crippen LogP contribution in [0.25, 0.3) is 0 Å². The summed E-state index contributed by atoms with van der Waals surface area (Å²) in [6.07, 6.45) is 1.07. The fourth-order valence-electron chi connectivity index (χ4n) is 2.84. The van der Waals surface area contributed by atoms with Gasteiger partial charge in [-0.15, -0.1) is 0 Å². The van der Waals surface area contributed by atoms with E-state index in [1.165, 1.54) is 4.31 Å². The Morgan fingerprint density at radius 3 is 2.43 bits per heavy atom. The summed E-state index contributed by atoms with van der Waals surface area (Å²) in [5.41, 5.74) is 0.921. The van der Waals surface area contributed by atoms with E-state index < -0.39 is 16.0 Å². The van der Waals surface area contributed by atoms with E-state index in [9.17, 15) is 13.2 Å². The molecule has 1 saturated heterocycles. The van der Waals surface area contributed by atoms with Crippen LogP contribution >= 0.6 is 0 Å². The standard InChI is InChI=1S/C14H20N2O4S/c1-11-9-15(21(2,19)20)10-13(8-14(17)18)16(11)12-6-4-3-5-7-12/h3-7,11,13H,8-10H2,1-2H3,(H,17,18)/t11-,13-/m1/s1. The predicted octanol–water partition coefficient (Wildman–Crippen LogP) is 1.00. The number of anilines is 1. The van der Waals surface area contributed by atoms with Gasteiger partial charge in [0.15, 0.2) is 0 Å². The Morgan fingerprint density at radius 2 is 1.90 bits per heavy atom. The lowest BCUT2D eigenvalue weighted by molar-refractivity contribution is -0.137. The fourth-order valence-corrected chi connectivity index (χ4v) is 3.77. The fraction of sp³-hybridized carbons (Fsp3) is 0.500. The van der Waals surface area contributed by atoms with Crippen molar-refractivity contribution in [1.82, 2.24) is 4.31 Å². The summed E-state index contributed by atoms with van der Waals surface area (Å²) in [4.78, 5) is 13.1. The van der Waals surface area contributed by atoms with Crippen molar-refractivity contribution in [2.45, 2.75) is 25.4 Å². The van der Waals surface area contributed by atoms with Gasteiger partial charge in [-0.1, -0.05) is 18.2 Å². The minimum absolute atomic E-state index is 0.0831. The third kappa shape index (κ3) is 3.74. The van der Waals surface area contributed by atoms with Crippen molar-refractivity contribution < 1.29 is 18.3 Å². The van der Waals surface area contributed by atoms with E-state index in [-0.39, 0.29) is 25.0 Å². The van der Waals surface area contributed by atoms with Crippen LogP contribution in [0.2, 0.25) is 0 Å². The van der Waals surface area contributed by atoms with Crippen LogP contribution < -0.4 is 4.90 Å². The number of para-hydroxylation sites is 1. The van der Waals surface area contributed by atoms with Gasteiger partial charge in [0.1, 0.15) is 0 Å². The van der Waals surface area contributed by atoms with E-state index in [4.69, 9.17) is 5.11 Å². The number of carboxylic acids is 1. The Labute approximate surface area is 125 Å². The van der Waals surface area contributed by atoms with Gasteiger partial charge in [0.05, 0.1) is 18.7 Å². The molecule has 0 aliphatic carbocycles. The smallest absolute Gasteiger partial charge is 0.305 e. The van der Waals surface area contributed by atoms with E-state index >= 15 is 0 Å². The van der Waals surface area contributed by atoms with Crippen LogP contribution in [0.4, 0.5) is 5.69 Å². The number of hydrogen-bond acceptors (Lipinski definition) is 4. The van der Waals surface area contributed by atoms with Crippen molar-refractivity contribution in [1.29, 1.82) is 0 Å². The molecule has 0 bridgehead atoms. The molecule has 2 rings (SSSR count). The molecule has 7 heteroatoms. The average Bonchev–Trinajstić information content (AvgIpc) is 2.37. The van der Waals surface area contributed by atoms with E-state index in [1.807, 2.05) is 42.2 Å². The molecule has 116 valence electrons. The molecule has 0 saturated carbocycles. The van der Waals surface area contributed by atoms with Gasteiger partial charge in [0, 0.05) is 24.8 Å². The molecule has 0 radical (unpaired) electrons. The van der Waals surface area contributed by atoms with E-state index in [0.29, 0.717) is 6.54 Å². The van der Waals surface area contributed by atoms with Gasteiger partial charge in [0.2, 0.25) is 10.0 Å². The molecule has 2 atom stereocenters. The third-order valence-electron chi connectivity index (χ3n) is 3.68. The number of nitrogens with zero attached hydrogens (tertiary/aromatic N) is 2. The Hall–Kier alpha value is -1.60. The van der Waals surface area contributed by atoms with Crippen LogP contribution in [-0.4, -0.2) is 55.2 Å². The first kappa shape index (κ1) is 15.8. The number of piperazine rings is 1. The summed E-state index contributed by atoms with van der Waals surface area (Å²) >= 11 is 0. The van der Waals surface area contributed by atoms with E-state index in [2.05, 4.69) is 0 Å². The Bertz CT molecular complexity index is 603. The van der Waals surface area contributed by atoms with Gasteiger partial charge in [-0.05, 0) is 19.1 Å². The molecule has 1 heterocycles. The highest BCUT2D eigenvalue weighted by atomic mass is 32.2. The number of carboxylic acid groups (broad SMARTS) is 1. The minimum Gasteiger partial charge on any atom is -0.481 e. The molecular formula is C14H20N2O4S. The van der Waals surface area contributed by atoms with Crippen LogP contribution in [-0.2, 0) is 14.8 Å². The predicted molar refractivity (Wildman–Crippen MR) is 80.8 cm³/mol. The summed E-state index contributed by atoms with van der Waals surface area (Å²) in [7, 11) is -3.32. The molecule has 0 aromatic heterocycles. The quantitative estimate of drug-likeness (QED) is 0.897. The maximum Gasteiger partial charge on any atom is 0.305 e. The number of carbonyl (C=O) groups is 1. The second-order valence-electron chi connectivity index (χ2n) is 5.42. The molecule has 1 aromatic carbocycles. The Balaban J connectivity index is 2.32. The average molecular weight is 312 g/mol. The number of benzene rings is 1. The number of hydrogen-bond donors (Lipinski definition) is 1. The molecule has 21 heavy (non-hydrogen) atoms.